The second-order valence-corrected chi connectivity index (χ2v) is 10.3. The Bertz CT molecular complexity index is 1050. The molecular weight excluding hydrogens is 440 g/mol. The Morgan fingerprint density at radius 2 is 1.85 bits per heavy atom. The van der Waals surface area contributed by atoms with Crippen molar-refractivity contribution in [3.8, 4) is 5.75 Å². The highest BCUT2D eigenvalue weighted by Crippen LogP contribution is 2.31. The first kappa shape index (κ1) is 25.1. The molecule has 3 rings (SSSR count). The first-order chi connectivity index (χ1) is 15.8. The van der Waals surface area contributed by atoms with Crippen LogP contribution in [0.1, 0.15) is 54.4 Å². The molecule has 2 aromatic rings. The van der Waals surface area contributed by atoms with Crippen molar-refractivity contribution in [1.29, 1.82) is 0 Å². The van der Waals surface area contributed by atoms with Gasteiger partial charge >= 0.3 is 0 Å². The van der Waals surface area contributed by atoms with Crippen molar-refractivity contribution in [2.75, 3.05) is 31.6 Å². The van der Waals surface area contributed by atoms with Crippen LogP contribution in [0.4, 0.5) is 5.69 Å². The zero-order chi connectivity index (χ0) is 23.8. The summed E-state index contributed by atoms with van der Waals surface area (Å²) in [5, 5.41) is 2.89. The van der Waals surface area contributed by atoms with Crippen LogP contribution < -0.4 is 14.4 Å². The maximum absolute atomic E-state index is 13.3. The number of para-hydroxylation sites is 2. The van der Waals surface area contributed by atoms with Crippen molar-refractivity contribution in [1.82, 2.24) is 5.32 Å². The Morgan fingerprint density at radius 3 is 2.58 bits per heavy atom. The van der Waals surface area contributed by atoms with Crippen LogP contribution in [0.2, 0.25) is 0 Å². The lowest BCUT2D eigenvalue weighted by atomic mass is 9.98. The first-order valence-electron chi connectivity index (χ1n) is 11.5. The minimum atomic E-state index is -3.89. The molecule has 1 fully saturated rings. The smallest absolute Gasteiger partial charge is 0.264 e. The summed E-state index contributed by atoms with van der Waals surface area (Å²) in [6.07, 6.45) is 7.05. The predicted octanol–water partition coefficient (Wildman–Crippen LogP) is 4.30. The van der Waals surface area contributed by atoms with Gasteiger partial charge in [-0.25, -0.2) is 8.42 Å². The molecule has 8 heteroatoms. The highest BCUT2D eigenvalue weighted by molar-refractivity contribution is 7.92. The van der Waals surface area contributed by atoms with E-state index in [2.05, 4.69) is 5.32 Å². The van der Waals surface area contributed by atoms with E-state index in [4.69, 9.17) is 9.47 Å². The van der Waals surface area contributed by atoms with Gasteiger partial charge in [-0.1, -0.05) is 37.5 Å². The van der Waals surface area contributed by atoms with Gasteiger partial charge in [0.05, 0.1) is 23.8 Å². The van der Waals surface area contributed by atoms with Gasteiger partial charge in [-0.05, 0) is 56.0 Å². The first-order valence-corrected chi connectivity index (χ1v) is 12.9. The van der Waals surface area contributed by atoms with Crippen molar-refractivity contribution in [2.24, 2.45) is 0 Å². The van der Waals surface area contributed by atoms with Crippen molar-refractivity contribution in [3.05, 3.63) is 53.6 Å². The van der Waals surface area contributed by atoms with Crippen LogP contribution in [0.25, 0.3) is 0 Å². The largest absolute Gasteiger partial charge is 0.495 e. The molecule has 0 aromatic heterocycles. The van der Waals surface area contributed by atoms with E-state index in [-0.39, 0.29) is 10.8 Å². The summed E-state index contributed by atoms with van der Waals surface area (Å²) in [4.78, 5) is 12.8. The van der Waals surface area contributed by atoms with Gasteiger partial charge in [-0.3, -0.25) is 9.10 Å². The summed E-state index contributed by atoms with van der Waals surface area (Å²) in [6.45, 7) is 2.88. The zero-order valence-corrected chi connectivity index (χ0v) is 20.5. The molecule has 1 aliphatic carbocycles. The van der Waals surface area contributed by atoms with Crippen LogP contribution in [-0.2, 0) is 14.8 Å². The van der Waals surface area contributed by atoms with Crippen molar-refractivity contribution < 1.29 is 22.7 Å². The number of carbonyl (C=O) groups is 1. The topological polar surface area (TPSA) is 84.9 Å². The normalized spacial score (nSPS) is 14.6. The van der Waals surface area contributed by atoms with Crippen molar-refractivity contribution in [2.45, 2.75) is 56.4 Å². The van der Waals surface area contributed by atoms with E-state index in [0.717, 1.165) is 19.3 Å². The lowest BCUT2D eigenvalue weighted by Crippen LogP contribution is -2.29. The number of hydrogen-bond acceptors (Lipinski definition) is 5. The molecule has 0 unspecified atom stereocenters. The molecule has 7 nitrogen and oxygen atoms in total. The minimum Gasteiger partial charge on any atom is -0.495 e. The van der Waals surface area contributed by atoms with E-state index in [9.17, 15) is 13.2 Å². The van der Waals surface area contributed by atoms with Crippen LogP contribution >= 0.6 is 0 Å². The molecule has 1 N–H and O–H groups in total. The van der Waals surface area contributed by atoms with Gasteiger partial charge in [-0.15, -0.1) is 0 Å². The van der Waals surface area contributed by atoms with Gasteiger partial charge < -0.3 is 14.8 Å². The highest BCUT2D eigenvalue weighted by Gasteiger charge is 2.25. The molecule has 0 radical (unpaired) electrons. The maximum Gasteiger partial charge on any atom is 0.264 e. The standard InChI is InChI=1S/C25H34N2O5S/c1-19-14-15-21(33(29,30)27(2)23-12-7-8-13-24(23)31-3)18-22(19)25(28)26-16-9-17-32-20-10-5-4-6-11-20/h7-8,12-15,18,20H,4-6,9-11,16-17H2,1-3H3,(H,26,28). The predicted molar refractivity (Wildman–Crippen MR) is 130 cm³/mol. The molecule has 0 spiro atoms. The van der Waals surface area contributed by atoms with Crippen LogP contribution in [0.5, 0.6) is 5.75 Å². The SMILES string of the molecule is COc1ccccc1N(C)S(=O)(=O)c1ccc(C)c(C(=O)NCCCOC2CCCCC2)c1. The molecule has 0 atom stereocenters. The van der Waals surface area contributed by atoms with E-state index >= 15 is 0 Å². The molecule has 0 heterocycles. The van der Waals surface area contributed by atoms with E-state index in [1.807, 2.05) is 0 Å². The van der Waals surface area contributed by atoms with Crippen LogP contribution in [0.3, 0.4) is 0 Å². The number of hydrogen-bond donors (Lipinski definition) is 1. The van der Waals surface area contributed by atoms with E-state index in [1.165, 1.54) is 49.9 Å². The molecule has 0 saturated heterocycles. The number of methoxy groups -OCH3 is 1. The van der Waals surface area contributed by atoms with Crippen molar-refractivity contribution in [3.63, 3.8) is 0 Å². The number of benzene rings is 2. The number of rotatable bonds is 10. The van der Waals surface area contributed by atoms with Gasteiger partial charge in [-0.2, -0.15) is 0 Å². The van der Waals surface area contributed by atoms with Gasteiger partial charge in [0.2, 0.25) is 0 Å². The molecule has 180 valence electrons. The van der Waals surface area contributed by atoms with E-state index in [0.29, 0.717) is 41.8 Å². The second-order valence-electron chi connectivity index (χ2n) is 8.36. The fourth-order valence-corrected chi connectivity index (χ4v) is 5.27. The van der Waals surface area contributed by atoms with Gasteiger partial charge in [0.25, 0.3) is 15.9 Å². The van der Waals surface area contributed by atoms with Gasteiger partial charge in [0.1, 0.15) is 5.75 Å². The molecule has 0 aliphatic heterocycles. The van der Waals surface area contributed by atoms with E-state index in [1.54, 1.807) is 37.3 Å². The number of nitrogens with zero attached hydrogens (tertiary/aromatic N) is 1. The highest BCUT2D eigenvalue weighted by atomic mass is 32.2. The third-order valence-corrected chi connectivity index (χ3v) is 7.82. The number of nitrogens with one attached hydrogen (secondary N) is 1. The number of anilines is 1. The fourth-order valence-electron chi connectivity index (χ4n) is 4.03. The van der Waals surface area contributed by atoms with Crippen LogP contribution in [0.15, 0.2) is 47.4 Å². The quantitative estimate of drug-likeness (QED) is 0.519. The average Bonchev–Trinajstić information content (AvgIpc) is 2.84. The second kappa shape index (κ2) is 11.5. The monoisotopic (exact) mass is 474 g/mol. The summed E-state index contributed by atoms with van der Waals surface area (Å²) in [5.74, 6) is 0.159. The summed E-state index contributed by atoms with van der Waals surface area (Å²) in [6, 6.07) is 11.5. The summed E-state index contributed by atoms with van der Waals surface area (Å²) < 4.78 is 38.9. The lowest BCUT2D eigenvalue weighted by Gasteiger charge is -2.22. The minimum absolute atomic E-state index is 0.0484. The molecule has 2 aromatic carbocycles. The summed E-state index contributed by atoms with van der Waals surface area (Å²) >= 11 is 0. The third-order valence-electron chi connectivity index (χ3n) is 6.05. The number of amides is 1. The average molecular weight is 475 g/mol. The fraction of sp³-hybridized carbons (Fsp3) is 0.480. The molecular formula is C25H34N2O5S. The van der Waals surface area contributed by atoms with Crippen LogP contribution in [0, 0.1) is 6.92 Å². The number of aryl methyl sites for hydroxylation is 1. The molecule has 1 amide bonds. The van der Waals surface area contributed by atoms with Crippen molar-refractivity contribution >= 4 is 21.6 Å². The van der Waals surface area contributed by atoms with Gasteiger partial charge in [0, 0.05) is 25.8 Å². The Morgan fingerprint density at radius 1 is 1.12 bits per heavy atom. The number of carbonyl (C=O) groups excluding carboxylic acids is 1. The number of ether oxygens (including phenoxy) is 2. The third kappa shape index (κ3) is 6.26. The Balaban J connectivity index is 1.64. The lowest BCUT2D eigenvalue weighted by molar-refractivity contribution is 0.0273. The summed E-state index contributed by atoms with van der Waals surface area (Å²) in [7, 11) is -0.920. The van der Waals surface area contributed by atoms with Gasteiger partial charge in [0.15, 0.2) is 0 Å². The maximum atomic E-state index is 13.3. The molecule has 33 heavy (non-hydrogen) atoms. The zero-order valence-electron chi connectivity index (χ0n) is 19.7. The molecule has 1 saturated carbocycles. The Labute approximate surface area is 197 Å². The molecule has 1 aliphatic rings. The Kier molecular flexibility index (Phi) is 8.74. The summed E-state index contributed by atoms with van der Waals surface area (Å²) in [5.41, 5.74) is 1.48. The Hall–Kier alpha value is -2.58. The van der Waals surface area contributed by atoms with E-state index < -0.39 is 10.0 Å². The van der Waals surface area contributed by atoms with Crippen LogP contribution in [-0.4, -0.2) is 47.7 Å². The molecule has 0 bridgehead atoms. The number of sulfonamides is 1.